The van der Waals surface area contributed by atoms with E-state index in [1.54, 1.807) is 25.2 Å². The lowest BCUT2D eigenvalue weighted by atomic mass is 10.3. The molecule has 0 bridgehead atoms. The van der Waals surface area contributed by atoms with Crippen LogP contribution >= 0.6 is 27.5 Å². The van der Waals surface area contributed by atoms with Crippen molar-refractivity contribution in [2.45, 2.75) is 0 Å². The maximum Gasteiger partial charge on any atom is 0.329 e. The van der Waals surface area contributed by atoms with Crippen LogP contribution in [0.1, 0.15) is 0 Å². The molecular weight excluding hydrogens is 350 g/mol. The van der Waals surface area contributed by atoms with Crippen molar-refractivity contribution in [3.8, 4) is 0 Å². The molecule has 1 aromatic heterocycles. The molecule has 0 aliphatic heterocycles. The number of hydrogen-bond donors (Lipinski definition) is 2. The van der Waals surface area contributed by atoms with E-state index in [-0.39, 0.29) is 17.5 Å². The van der Waals surface area contributed by atoms with Gasteiger partial charge >= 0.3 is 5.69 Å². The fraction of sp³-hybridized carbons (Fsp3) is 0.0909. The lowest BCUT2D eigenvalue weighted by Crippen LogP contribution is -2.04. The Morgan fingerprint density at radius 3 is 2.80 bits per heavy atom. The largest absolute Gasteiger partial charge is 0.357 e. The van der Waals surface area contributed by atoms with Gasteiger partial charge < -0.3 is 10.6 Å². The molecule has 1 heterocycles. The van der Waals surface area contributed by atoms with Crippen molar-refractivity contribution in [2.24, 2.45) is 0 Å². The maximum absolute atomic E-state index is 11.0. The van der Waals surface area contributed by atoms with E-state index in [9.17, 15) is 10.1 Å². The van der Waals surface area contributed by atoms with Gasteiger partial charge in [0.15, 0.2) is 0 Å². The Morgan fingerprint density at radius 1 is 1.45 bits per heavy atom. The van der Waals surface area contributed by atoms with Gasteiger partial charge in [0, 0.05) is 17.2 Å². The number of hydrogen-bond acceptors (Lipinski definition) is 6. The van der Waals surface area contributed by atoms with Gasteiger partial charge in [0.25, 0.3) is 0 Å². The average molecular weight is 359 g/mol. The number of rotatable bonds is 4. The number of nitrogens with one attached hydrogen (secondary N) is 2. The summed E-state index contributed by atoms with van der Waals surface area (Å²) in [6.07, 6.45) is 1.14. The molecule has 1 aromatic carbocycles. The molecule has 0 amide bonds. The van der Waals surface area contributed by atoms with Gasteiger partial charge in [-0.1, -0.05) is 11.6 Å². The Hall–Kier alpha value is -1.93. The van der Waals surface area contributed by atoms with Crippen molar-refractivity contribution < 1.29 is 4.92 Å². The lowest BCUT2D eigenvalue weighted by molar-refractivity contribution is -0.384. The first-order valence-electron chi connectivity index (χ1n) is 5.42. The van der Waals surface area contributed by atoms with Crippen LogP contribution in [0.2, 0.25) is 5.02 Å². The highest BCUT2D eigenvalue weighted by Crippen LogP contribution is 2.30. The fourth-order valence-electron chi connectivity index (χ4n) is 1.43. The van der Waals surface area contributed by atoms with Crippen LogP contribution in [0.3, 0.4) is 0 Å². The van der Waals surface area contributed by atoms with Gasteiger partial charge in [-0.2, -0.15) is 4.98 Å². The molecule has 9 heteroatoms. The van der Waals surface area contributed by atoms with Crippen molar-refractivity contribution in [2.75, 3.05) is 17.7 Å². The van der Waals surface area contributed by atoms with Crippen molar-refractivity contribution in [3.05, 3.63) is 44.0 Å². The van der Waals surface area contributed by atoms with E-state index < -0.39 is 4.92 Å². The minimum absolute atomic E-state index is 0.101. The molecule has 0 unspecified atom stereocenters. The second-order valence-corrected chi connectivity index (χ2v) is 4.95. The first kappa shape index (κ1) is 14.5. The predicted molar refractivity (Wildman–Crippen MR) is 80.7 cm³/mol. The highest BCUT2D eigenvalue weighted by atomic mass is 79.9. The molecule has 0 saturated carbocycles. The predicted octanol–water partition coefficient (Wildman–Crippen LogP) is 3.59. The lowest BCUT2D eigenvalue weighted by Gasteiger charge is -2.08. The number of halogens is 2. The van der Waals surface area contributed by atoms with E-state index in [2.05, 4.69) is 36.5 Å². The maximum atomic E-state index is 11.0. The van der Waals surface area contributed by atoms with Crippen molar-refractivity contribution in [1.29, 1.82) is 0 Å². The first-order valence-corrected chi connectivity index (χ1v) is 6.59. The highest BCUT2D eigenvalue weighted by Gasteiger charge is 2.17. The van der Waals surface area contributed by atoms with Crippen LogP contribution in [0.5, 0.6) is 0 Å². The third kappa shape index (κ3) is 3.14. The van der Waals surface area contributed by atoms with Crippen LogP contribution in [-0.4, -0.2) is 21.9 Å². The van der Waals surface area contributed by atoms with Crippen molar-refractivity contribution in [3.63, 3.8) is 0 Å². The van der Waals surface area contributed by atoms with E-state index in [1.165, 1.54) is 0 Å². The molecule has 0 atom stereocenters. The minimum Gasteiger partial charge on any atom is -0.357 e. The second kappa shape index (κ2) is 6.02. The van der Waals surface area contributed by atoms with Gasteiger partial charge in [-0.3, -0.25) is 10.1 Å². The van der Waals surface area contributed by atoms with Gasteiger partial charge in [0.05, 0.1) is 9.95 Å². The van der Waals surface area contributed by atoms with Crippen molar-refractivity contribution in [1.82, 2.24) is 9.97 Å². The Morgan fingerprint density at radius 2 is 2.20 bits per heavy atom. The van der Waals surface area contributed by atoms with E-state index >= 15 is 0 Å². The van der Waals surface area contributed by atoms with Gasteiger partial charge in [-0.25, -0.2) is 4.98 Å². The molecule has 104 valence electrons. The number of anilines is 3. The Kier molecular flexibility index (Phi) is 4.35. The smallest absolute Gasteiger partial charge is 0.329 e. The molecule has 2 rings (SSSR count). The molecule has 0 saturated heterocycles. The molecular formula is C11H9BrClN5O2. The number of aromatic nitrogens is 2. The molecule has 0 aliphatic carbocycles. The summed E-state index contributed by atoms with van der Waals surface area (Å²) in [6.45, 7) is 0. The third-order valence-electron chi connectivity index (χ3n) is 2.37. The number of nitrogens with zero attached hydrogens (tertiary/aromatic N) is 3. The zero-order valence-electron chi connectivity index (χ0n) is 10.2. The van der Waals surface area contributed by atoms with E-state index in [1.807, 2.05) is 0 Å². The average Bonchev–Trinajstić information content (AvgIpc) is 2.42. The Bertz CT molecular complexity index is 667. The van der Waals surface area contributed by atoms with Gasteiger partial charge in [-0.15, -0.1) is 0 Å². The standard InChI is InChI=1S/C11H9BrClN5O2/c1-14-11-15-5-9(18(19)20)10(17-11)16-6-2-3-8(13)7(12)4-6/h2-5H,1H3,(H2,14,15,16,17). The van der Waals surface area contributed by atoms with Crippen LogP contribution in [0.4, 0.5) is 23.1 Å². The SMILES string of the molecule is CNc1ncc([N+](=O)[O-])c(Nc2ccc(Cl)c(Br)c2)n1. The Balaban J connectivity index is 2.40. The summed E-state index contributed by atoms with van der Waals surface area (Å²) < 4.78 is 0.676. The van der Waals surface area contributed by atoms with Gasteiger partial charge in [-0.05, 0) is 34.1 Å². The van der Waals surface area contributed by atoms with Gasteiger partial charge in [0.2, 0.25) is 11.8 Å². The zero-order valence-corrected chi connectivity index (χ0v) is 12.6. The summed E-state index contributed by atoms with van der Waals surface area (Å²) in [5.74, 6) is 0.384. The topological polar surface area (TPSA) is 93.0 Å². The summed E-state index contributed by atoms with van der Waals surface area (Å²) in [5, 5.41) is 17.1. The molecule has 0 radical (unpaired) electrons. The normalized spacial score (nSPS) is 10.2. The Labute approximate surface area is 127 Å². The van der Waals surface area contributed by atoms with Crippen molar-refractivity contribution >= 4 is 50.7 Å². The third-order valence-corrected chi connectivity index (χ3v) is 3.59. The fourth-order valence-corrected chi connectivity index (χ4v) is 1.93. The summed E-state index contributed by atoms with van der Waals surface area (Å²) in [6, 6.07) is 5.06. The van der Waals surface area contributed by atoms with E-state index in [0.29, 0.717) is 15.2 Å². The molecule has 0 spiro atoms. The highest BCUT2D eigenvalue weighted by molar-refractivity contribution is 9.10. The summed E-state index contributed by atoms with van der Waals surface area (Å²) in [5.41, 5.74) is 0.403. The van der Waals surface area contributed by atoms with E-state index in [4.69, 9.17) is 11.6 Å². The van der Waals surface area contributed by atoms with E-state index in [0.717, 1.165) is 6.20 Å². The quantitative estimate of drug-likeness (QED) is 0.641. The molecule has 0 aliphatic rings. The molecule has 0 fully saturated rings. The first-order chi connectivity index (χ1) is 9.51. The zero-order chi connectivity index (χ0) is 14.7. The monoisotopic (exact) mass is 357 g/mol. The number of benzene rings is 1. The molecule has 2 N–H and O–H groups in total. The van der Waals surface area contributed by atoms with Crippen LogP contribution < -0.4 is 10.6 Å². The van der Waals surface area contributed by atoms with Crippen LogP contribution in [0.25, 0.3) is 0 Å². The molecule has 2 aromatic rings. The summed E-state index contributed by atoms with van der Waals surface area (Å²) in [7, 11) is 1.63. The summed E-state index contributed by atoms with van der Waals surface area (Å²) >= 11 is 9.18. The van der Waals surface area contributed by atoms with Gasteiger partial charge in [0.1, 0.15) is 6.20 Å². The summed E-state index contributed by atoms with van der Waals surface area (Å²) in [4.78, 5) is 18.3. The molecule has 20 heavy (non-hydrogen) atoms. The van der Waals surface area contributed by atoms with Crippen LogP contribution in [-0.2, 0) is 0 Å². The second-order valence-electron chi connectivity index (χ2n) is 3.69. The molecule has 7 nitrogen and oxygen atoms in total. The van der Waals surface area contributed by atoms with Crippen LogP contribution in [0, 0.1) is 10.1 Å². The number of nitro groups is 1. The van der Waals surface area contributed by atoms with Crippen LogP contribution in [0.15, 0.2) is 28.9 Å². The minimum atomic E-state index is -0.549.